The maximum atomic E-state index is 12.0. The van der Waals surface area contributed by atoms with E-state index in [9.17, 15) is 14.9 Å². The fourth-order valence-electron chi connectivity index (χ4n) is 2.21. The Labute approximate surface area is 134 Å². The van der Waals surface area contributed by atoms with E-state index in [1.165, 1.54) is 18.2 Å². The lowest BCUT2D eigenvalue weighted by Gasteiger charge is -2.16. The molecule has 0 radical (unpaired) electrons. The average Bonchev–Trinajstić information content (AvgIpc) is 2.59. The molecule has 1 unspecified atom stereocenters. The molecule has 0 bridgehead atoms. The van der Waals surface area contributed by atoms with Crippen molar-refractivity contribution in [3.8, 4) is 0 Å². The SMILES string of the molecule is CCC(NC(=O)/C=C/c1ccc([N+](=O)[O-])cc1)c1ccccc1. The second-order valence-corrected chi connectivity index (χ2v) is 5.06. The van der Waals surface area contributed by atoms with Gasteiger partial charge in [0.05, 0.1) is 11.0 Å². The van der Waals surface area contributed by atoms with Crippen LogP contribution in [-0.2, 0) is 4.79 Å². The Morgan fingerprint density at radius 2 is 1.83 bits per heavy atom. The van der Waals surface area contributed by atoms with Gasteiger partial charge in [0.25, 0.3) is 5.69 Å². The Balaban J connectivity index is 1.99. The summed E-state index contributed by atoms with van der Waals surface area (Å²) in [7, 11) is 0. The van der Waals surface area contributed by atoms with Crippen molar-refractivity contribution in [2.75, 3.05) is 0 Å². The van der Waals surface area contributed by atoms with Crippen LogP contribution in [0.25, 0.3) is 6.08 Å². The molecule has 0 aromatic heterocycles. The Bertz CT molecular complexity index is 694. The van der Waals surface area contributed by atoms with Crippen molar-refractivity contribution in [2.45, 2.75) is 19.4 Å². The first-order chi connectivity index (χ1) is 11.1. The molecule has 0 aliphatic heterocycles. The smallest absolute Gasteiger partial charge is 0.269 e. The van der Waals surface area contributed by atoms with E-state index < -0.39 is 4.92 Å². The van der Waals surface area contributed by atoms with Gasteiger partial charge in [0.2, 0.25) is 5.91 Å². The van der Waals surface area contributed by atoms with Gasteiger partial charge in [0.15, 0.2) is 0 Å². The van der Waals surface area contributed by atoms with Gasteiger partial charge >= 0.3 is 0 Å². The van der Waals surface area contributed by atoms with Crippen LogP contribution in [0.4, 0.5) is 5.69 Å². The van der Waals surface area contributed by atoms with Crippen molar-refractivity contribution in [3.63, 3.8) is 0 Å². The zero-order valence-electron chi connectivity index (χ0n) is 12.8. The lowest BCUT2D eigenvalue weighted by Crippen LogP contribution is -2.26. The number of non-ortho nitro benzene ring substituents is 1. The standard InChI is InChI=1S/C18H18N2O3/c1-2-17(15-6-4-3-5-7-15)19-18(21)13-10-14-8-11-16(12-9-14)20(22)23/h3-13,17H,2H2,1H3,(H,19,21)/b13-10+. The van der Waals surface area contributed by atoms with Gasteiger partial charge < -0.3 is 5.32 Å². The molecule has 23 heavy (non-hydrogen) atoms. The largest absolute Gasteiger partial charge is 0.346 e. The van der Waals surface area contributed by atoms with E-state index in [-0.39, 0.29) is 17.6 Å². The number of nitrogens with one attached hydrogen (secondary N) is 1. The van der Waals surface area contributed by atoms with Crippen molar-refractivity contribution in [3.05, 3.63) is 81.9 Å². The van der Waals surface area contributed by atoms with Crippen molar-refractivity contribution >= 4 is 17.7 Å². The first kappa shape index (κ1) is 16.4. The highest BCUT2D eigenvalue weighted by Gasteiger charge is 2.10. The second-order valence-electron chi connectivity index (χ2n) is 5.06. The van der Waals surface area contributed by atoms with Crippen LogP contribution in [0.1, 0.15) is 30.5 Å². The maximum absolute atomic E-state index is 12.0. The molecule has 118 valence electrons. The van der Waals surface area contributed by atoms with E-state index in [4.69, 9.17) is 0 Å². The molecule has 1 amide bonds. The first-order valence-electron chi connectivity index (χ1n) is 7.38. The number of nitro benzene ring substituents is 1. The molecule has 0 aliphatic carbocycles. The van der Waals surface area contributed by atoms with E-state index in [0.29, 0.717) is 0 Å². The number of rotatable bonds is 6. The maximum Gasteiger partial charge on any atom is 0.269 e. The Kier molecular flexibility index (Phi) is 5.63. The molecule has 2 rings (SSSR count). The summed E-state index contributed by atoms with van der Waals surface area (Å²) in [5.74, 6) is -0.195. The van der Waals surface area contributed by atoms with Gasteiger partial charge in [0.1, 0.15) is 0 Å². The van der Waals surface area contributed by atoms with Gasteiger partial charge in [-0.2, -0.15) is 0 Å². The number of hydrogen-bond donors (Lipinski definition) is 1. The van der Waals surface area contributed by atoms with E-state index in [2.05, 4.69) is 5.32 Å². The van der Waals surface area contributed by atoms with Gasteiger partial charge in [-0.25, -0.2) is 0 Å². The highest BCUT2D eigenvalue weighted by atomic mass is 16.6. The Morgan fingerprint density at radius 3 is 2.39 bits per heavy atom. The van der Waals surface area contributed by atoms with Gasteiger partial charge in [-0.15, -0.1) is 0 Å². The number of benzene rings is 2. The Hall–Kier alpha value is -2.95. The minimum Gasteiger partial charge on any atom is -0.346 e. The molecule has 0 spiro atoms. The monoisotopic (exact) mass is 310 g/mol. The average molecular weight is 310 g/mol. The highest BCUT2D eigenvalue weighted by molar-refractivity contribution is 5.92. The second kappa shape index (κ2) is 7.89. The summed E-state index contributed by atoms with van der Waals surface area (Å²) in [6.07, 6.45) is 3.87. The predicted octanol–water partition coefficient (Wildman–Crippen LogP) is 3.88. The van der Waals surface area contributed by atoms with E-state index in [1.807, 2.05) is 37.3 Å². The summed E-state index contributed by atoms with van der Waals surface area (Å²) in [5, 5.41) is 13.5. The fourth-order valence-corrected chi connectivity index (χ4v) is 2.21. The normalized spacial score (nSPS) is 12.0. The molecule has 0 aliphatic rings. The lowest BCUT2D eigenvalue weighted by molar-refractivity contribution is -0.384. The molecular weight excluding hydrogens is 292 g/mol. The van der Waals surface area contributed by atoms with Gasteiger partial charge in [-0.1, -0.05) is 37.3 Å². The molecular formula is C18H18N2O3. The van der Waals surface area contributed by atoms with Crippen molar-refractivity contribution < 1.29 is 9.72 Å². The molecule has 0 fully saturated rings. The van der Waals surface area contributed by atoms with Crippen LogP contribution in [0.3, 0.4) is 0 Å². The summed E-state index contributed by atoms with van der Waals surface area (Å²) in [4.78, 5) is 22.2. The summed E-state index contributed by atoms with van der Waals surface area (Å²) < 4.78 is 0. The van der Waals surface area contributed by atoms with Gasteiger partial charge in [-0.3, -0.25) is 14.9 Å². The van der Waals surface area contributed by atoms with Crippen LogP contribution >= 0.6 is 0 Å². The molecule has 1 N–H and O–H groups in total. The number of nitro groups is 1. The van der Waals surface area contributed by atoms with Crippen LogP contribution < -0.4 is 5.32 Å². The zero-order chi connectivity index (χ0) is 16.7. The van der Waals surface area contributed by atoms with Gasteiger partial charge in [0, 0.05) is 18.2 Å². The lowest BCUT2D eigenvalue weighted by atomic mass is 10.0. The molecule has 5 heteroatoms. The number of carbonyl (C=O) groups excluding carboxylic acids is 1. The summed E-state index contributed by atoms with van der Waals surface area (Å²) >= 11 is 0. The van der Waals surface area contributed by atoms with E-state index >= 15 is 0 Å². The molecule has 5 nitrogen and oxygen atoms in total. The third-order valence-electron chi connectivity index (χ3n) is 3.46. The van der Waals surface area contributed by atoms with Crippen molar-refractivity contribution in [2.24, 2.45) is 0 Å². The number of amides is 1. The van der Waals surface area contributed by atoms with Crippen LogP contribution in [0.15, 0.2) is 60.7 Å². The number of nitrogens with zero attached hydrogens (tertiary/aromatic N) is 1. The minimum atomic E-state index is -0.452. The van der Waals surface area contributed by atoms with Crippen LogP contribution in [-0.4, -0.2) is 10.8 Å². The fraction of sp³-hybridized carbons (Fsp3) is 0.167. The summed E-state index contributed by atoms with van der Waals surface area (Å²) in [6.45, 7) is 2.01. The molecule has 2 aromatic carbocycles. The van der Waals surface area contributed by atoms with Crippen LogP contribution in [0.2, 0.25) is 0 Å². The van der Waals surface area contributed by atoms with Crippen LogP contribution in [0.5, 0.6) is 0 Å². The zero-order valence-corrected chi connectivity index (χ0v) is 12.8. The highest BCUT2D eigenvalue weighted by Crippen LogP contribution is 2.16. The summed E-state index contributed by atoms with van der Waals surface area (Å²) in [5.41, 5.74) is 1.83. The minimum absolute atomic E-state index is 0.0294. The third-order valence-corrected chi connectivity index (χ3v) is 3.46. The molecule has 1 atom stereocenters. The Morgan fingerprint density at radius 1 is 1.17 bits per heavy atom. The van der Waals surface area contributed by atoms with Gasteiger partial charge in [-0.05, 0) is 35.8 Å². The quantitative estimate of drug-likeness (QED) is 0.500. The predicted molar refractivity (Wildman–Crippen MR) is 89.7 cm³/mol. The summed E-state index contributed by atoms with van der Waals surface area (Å²) in [6, 6.07) is 15.8. The van der Waals surface area contributed by atoms with Crippen LogP contribution in [0, 0.1) is 10.1 Å². The van der Waals surface area contributed by atoms with E-state index in [1.54, 1.807) is 18.2 Å². The molecule has 2 aromatic rings. The van der Waals surface area contributed by atoms with Crippen molar-refractivity contribution in [1.82, 2.24) is 5.32 Å². The number of hydrogen-bond acceptors (Lipinski definition) is 3. The molecule has 0 saturated carbocycles. The number of carbonyl (C=O) groups is 1. The van der Waals surface area contributed by atoms with E-state index in [0.717, 1.165) is 17.5 Å². The molecule has 0 saturated heterocycles. The molecule has 0 heterocycles. The topological polar surface area (TPSA) is 72.2 Å². The van der Waals surface area contributed by atoms with Crippen molar-refractivity contribution in [1.29, 1.82) is 0 Å². The third kappa shape index (κ3) is 4.78. The first-order valence-corrected chi connectivity index (χ1v) is 7.38.